The molecule has 1 aromatic rings. The fourth-order valence-electron chi connectivity index (χ4n) is 3.09. The first kappa shape index (κ1) is 21.5. The molecular formula is C20H31N5O3. The van der Waals surface area contributed by atoms with Crippen LogP contribution in [-0.4, -0.2) is 62.2 Å². The van der Waals surface area contributed by atoms with E-state index >= 15 is 0 Å². The number of rotatable bonds is 6. The van der Waals surface area contributed by atoms with Gasteiger partial charge in [0.2, 0.25) is 5.91 Å². The summed E-state index contributed by atoms with van der Waals surface area (Å²) >= 11 is 0. The number of carbonyl (C=O) groups excluding carboxylic acids is 2. The maximum absolute atomic E-state index is 11.8. The van der Waals surface area contributed by atoms with Crippen LogP contribution in [0.25, 0.3) is 0 Å². The molecule has 1 fully saturated rings. The van der Waals surface area contributed by atoms with Crippen molar-refractivity contribution in [1.29, 1.82) is 0 Å². The predicted molar refractivity (Wildman–Crippen MR) is 111 cm³/mol. The Bertz CT molecular complexity index is 667. The monoisotopic (exact) mass is 389 g/mol. The fourth-order valence-corrected chi connectivity index (χ4v) is 3.09. The second-order valence-corrected chi connectivity index (χ2v) is 6.73. The van der Waals surface area contributed by atoms with Crippen LogP contribution in [0.15, 0.2) is 29.3 Å². The number of hydrogen-bond acceptors (Lipinski definition) is 4. The normalized spacial score (nSPS) is 15.1. The number of aliphatic imine (C=N–C) groups is 1. The molecule has 1 aliphatic heterocycles. The van der Waals surface area contributed by atoms with Gasteiger partial charge in [-0.1, -0.05) is 12.1 Å². The predicted octanol–water partition coefficient (Wildman–Crippen LogP) is 1.97. The summed E-state index contributed by atoms with van der Waals surface area (Å²) in [5.74, 6) is 0.696. The number of guanidine groups is 1. The van der Waals surface area contributed by atoms with Crippen LogP contribution in [0.3, 0.4) is 0 Å². The first-order valence-corrected chi connectivity index (χ1v) is 9.77. The molecule has 1 aromatic carbocycles. The molecule has 0 aliphatic carbocycles. The third kappa shape index (κ3) is 7.09. The molecular weight excluding hydrogens is 358 g/mol. The molecule has 0 radical (unpaired) electrons. The van der Waals surface area contributed by atoms with E-state index in [0.717, 1.165) is 37.5 Å². The van der Waals surface area contributed by atoms with Gasteiger partial charge in [-0.25, -0.2) is 4.79 Å². The Balaban J connectivity index is 1.70. The molecule has 0 aromatic heterocycles. The number of benzene rings is 1. The smallest absolute Gasteiger partial charge is 0.409 e. The quantitative estimate of drug-likeness (QED) is 0.511. The van der Waals surface area contributed by atoms with Gasteiger partial charge in [-0.2, -0.15) is 0 Å². The second kappa shape index (κ2) is 11.2. The molecule has 0 spiro atoms. The van der Waals surface area contributed by atoms with Crippen molar-refractivity contribution >= 4 is 23.6 Å². The first-order valence-electron chi connectivity index (χ1n) is 9.77. The lowest BCUT2D eigenvalue weighted by Crippen LogP contribution is -2.50. The maximum atomic E-state index is 11.8. The van der Waals surface area contributed by atoms with Crippen molar-refractivity contribution in [3.8, 4) is 0 Å². The van der Waals surface area contributed by atoms with Crippen molar-refractivity contribution in [3.63, 3.8) is 0 Å². The summed E-state index contributed by atoms with van der Waals surface area (Å²) in [7, 11) is 1.76. The summed E-state index contributed by atoms with van der Waals surface area (Å²) in [6, 6.07) is 8.11. The number of likely N-dealkylation sites (tertiary alicyclic amines) is 1. The van der Waals surface area contributed by atoms with E-state index in [1.54, 1.807) is 11.9 Å². The van der Waals surface area contributed by atoms with Crippen LogP contribution in [-0.2, 0) is 16.0 Å². The zero-order valence-corrected chi connectivity index (χ0v) is 17.0. The summed E-state index contributed by atoms with van der Waals surface area (Å²) in [6.07, 6.45) is 2.35. The zero-order valence-electron chi connectivity index (χ0n) is 17.0. The van der Waals surface area contributed by atoms with Crippen LogP contribution < -0.4 is 16.0 Å². The number of nitrogens with one attached hydrogen (secondary N) is 3. The van der Waals surface area contributed by atoms with Crippen LogP contribution in [0.5, 0.6) is 0 Å². The summed E-state index contributed by atoms with van der Waals surface area (Å²) in [6.45, 7) is 5.85. The SMILES string of the molecule is CCOC(=O)N1CCC(NC(=NC)NCCc2ccc(NC(C)=O)cc2)CC1. The molecule has 0 atom stereocenters. The highest BCUT2D eigenvalue weighted by molar-refractivity contribution is 5.88. The summed E-state index contributed by atoms with van der Waals surface area (Å²) in [4.78, 5) is 28.9. The number of ether oxygens (including phenoxy) is 1. The Hall–Kier alpha value is -2.77. The number of hydrogen-bond donors (Lipinski definition) is 3. The van der Waals surface area contributed by atoms with Crippen LogP contribution >= 0.6 is 0 Å². The average molecular weight is 390 g/mol. The molecule has 2 amide bonds. The molecule has 0 bridgehead atoms. The standard InChI is InChI=1S/C20H31N5O3/c1-4-28-20(27)25-13-10-18(11-14-25)24-19(21-3)22-12-9-16-5-7-17(8-6-16)23-15(2)26/h5-8,18H,4,9-14H2,1-3H3,(H,23,26)(H2,21,22,24). The lowest BCUT2D eigenvalue weighted by Gasteiger charge is -2.32. The zero-order chi connectivity index (χ0) is 20.4. The average Bonchev–Trinajstić information content (AvgIpc) is 2.69. The molecule has 0 saturated carbocycles. The van der Waals surface area contributed by atoms with Gasteiger partial charge in [0.05, 0.1) is 6.61 Å². The van der Waals surface area contributed by atoms with Gasteiger partial charge >= 0.3 is 6.09 Å². The van der Waals surface area contributed by atoms with Gasteiger partial charge in [0, 0.05) is 45.3 Å². The van der Waals surface area contributed by atoms with Crippen molar-refractivity contribution in [2.24, 2.45) is 4.99 Å². The highest BCUT2D eigenvalue weighted by Gasteiger charge is 2.23. The van der Waals surface area contributed by atoms with Gasteiger partial charge in [-0.05, 0) is 43.9 Å². The molecule has 2 rings (SSSR count). The molecule has 1 heterocycles. The van der Waals surface area contributed by atoms with Crippen LogP contribution in [0.1, 0.15) is 32.3 Å². The third-order valence-electron chi connectivity index (χ3n) is 4.57. The lowest BCUT2D eigenvalue weighted by atomic mass is 10.1. The summed E-state index contributed by atoms with van der Waals surface area (Å²) in [5.41, 5.74) is 1.98. The second-order valence-electron chi connectivity index (χ2n) is 6.73. The van der Waals surface area contributed by atoms with E-state index < -0.39 is 0 Å². The van der Waals surface area contributed by atoms with Gasteiger partial charge in [0.15, 0.2) is 5.96 Å². The van der Waals surface area contributed by atoms with E-state index in [2.05, 4.69) is 20.9 Å². The van der Waals surface area contributed by atoms with Crippen LogP contribution in [0, 0.1) is 0 Å². The largest absolute Gasteiger partial charge is 0.450 e. The van der Waals surface area contributed by atoms with Gasteiger partial charge in [-0.15, -0.1) is 0 Å². The highest BCUT2D eigenvalue weighted by Crippen LogP contribution is 2.12. The van der Waals surface area contributed by atoms with E-state index in [-0.39, 0.29) is 18.0 Å². The molecule has 154 valence electrons. The molecule has 1 saturated heterocycles. The van der Waals surface area contributed by atoms with Crippen molar-refractivity contribution < 1.29 is 14.3 Å². The maximum Gasteiger partial charge on any atom is 0.409 e. The number of nitrogens with zero attached hydrogens (tertiary/aromatic N) is 2. The number of anilines is 1. The first-order chi connectivity index (χ1) is 13.5. The fraction of sp³-hybridized carbons (Fsp3) is 0.550. The molecule has 1 aliphatic rings. The van der Waals surface area contributed by atoms with Gasteiger partial charge in [0.1, 0.15) is 0 Å². The van der Waals surface area contributed by atoms with E-state index in [4.69, 9.17) is 4.74 Å². The van der Waals surface area contributed by atoms with Crippen molar-refractivity contribution in [1.82, 2.24) is 15.5 Å². The van der Waals surface area contributed by atoms with E-state index in [1.165, 1.54) is 12.5 Å². The Morgan fingerprint density at radius 1 is 1.21 bits per heavy atom. The molecule has 3 N–H and O–H groups in total. The lowest BCUT2D eigenvalue weighted by molar-refractivity contribution is -0.114. The van der Waals surface area contributed by atoms with Crippen LogP contribution in [0.4, 0.5) is 10.5 Å². The van der Waals surface area contributed by atoms with Gasteiger partial charge < -0.3 is 25.6 Å². The summed E-state index contributed by atoms with van der Waals surface area (Å²) < 4.78 is 5.05. The van der Waals surface area contributed by atoms with E-state index in [0.29, 0.717) is 19.7 Å². The molecule has 0 unspecified atom stereocenters. The summed E-state index contributed by atoms with van der Waals surface area (Å²) in [5, 5.41) is 9.52. The number of carbonyl (C=O) groups is 2. The minimum Gasteiger partial charge on any atom is -0.450 e. The molecule has 28 heavy (non-hydrogen) atoms. The highest BCUT2D eigenvalue weighted by atomic mass is 16.6. The van der Waals surface area contributed by atoms with Crippen molar-refractivity contribution in [2.45, 2.75) is 39.2 Å². The Morgan fingerprint density at radius 3 is 2.46 bits per heavy atom. The van der Waals surface area contributed by atoms with Crippen molar-refractivity contribution in [2.75, 3.05) is 38.6 Å². The number of amides is 2. The topological polar surface area (TPSA) is 95.1 Å². The molecule has 8 heteroatoms. The Kier molecular flexibility index (Phi) is 8.58. The molecule has 8 nitrogen and oxygen atoms in total. The van der Waals surface area contributed by atoms with Gasteiger partial charge in [0.25, 0.3) is 0 Å². The minimum absolute atomic E-state index is 0.0719. The van der Waals surface area contributed by atoms with Gasteiger partial charge in [-0.3, -0.25) is 9.79 Å². The third-order valence-corrected chi connectivity index (χ3v) is 4.57. The van der Waals surface area contributed by atoms with E-state index in [9.17, 15) is 9.59 Å². The number of piperidine rings is 1. The van der Waals surface area contributed by atoms with Crippen molar-refractivity contribution in [3.05, 3.63) is 29.8 Å². The van der Waals surface area contributed by atoms with E-state index in [1.807, 2.05) is 31.2 Å². The minimum atomic E-state index is -0.229. The Labute approximate surface area is 166 Å². The Morgan fingerprint density at radius 2 is 1.89 bits per heavy atom. The van der Waals surface area contributed by atoms with Crippen LogP contribution in [0.2, 0.25) is 0 Å².